The summed E-state index contributed by atoms with van der Waals surface area (Å²) >= 11 is 1.17. The SMILES string of the molecule is CCn1nccc1C(NN)c1cnsn1. The highest BCUT2D eigenvalue weighted by atomic mass is 32.1. The zero-order valence-corrected chi connectivity index (χ0v) is 9.11. The lowest BCUT2D eigenvalue weighted by Gasteiger charge is -2.14. The van der Waals surface area contributed by atoms with Gasteiger partial charge in [0.25, 0.3) is 0 Å². The van der Waals surface area contributed by atoms with E-state index in [1.165, 1.54) is 11.7 Å². The number of rotatable bonds is 4. The van der Waals surface area contributed by atoms with Gasteiger partial charge in [0.2, 0.25) is 0 Å². The molecular weight excluding hydrogens is 212 g/mol. The molecule has 7 heteroatoms. The lowest BCUT2D eigenvalue weighted by atomic mass is 10.1. The van der Waals surface area contributed by atoms with Crippen molar-refractivity contribution in [2.24, 2.45) is 5.84 Å². The van der Waals surface area contributed by atoms with Crippen molar-refractivity contribution in [1.82, 2.24) is 24.0 Å². The van der Waals surface area contributed by atoms with Gasteiger partial charge in [0, 0.05) is 12.7 Å². The van der Waals surface area contributed by atoms with Crippen molar-refractivity contribution in [1.29, 1.82) is 0 Å². The monoisotopic (exact) mass is 224 g/mol. The van der Waals surface area contributed by atoms with Crippen molar-refractivity contribution < 1.29 is 0 Å². The molecule has 0 aliphatic heterocycles. The van der Waals surface area contributed by atoms with Gasteiger partial charge in [-0.3, -0.25) is 10.5 Å². The van der Waals surface area contributed by atoms with E-state index in [1.54, 1.807) is 12.4 Å². The van der Waals surface area contributed by atoms with Gasteiger partial charge in [-0.25, -0.2) is 5.43 Å². The van der Waals surface area contributed by atoms with E-state index >= 15 is 0 Å². The number of aryl methyl sites for hydroxylation is 1. The Morgan fingerprint density at radius 3 is 3.13 bits per heavy atom. The summed E-state index contributed by atoms with van der Waals surface area (Å²) in [5.74, 6) is 5.52. The van der Waals surface area contributed by atoms with Crippen LogP contribution in [0.5, 0.6) is 0 Å². The second-order valence-electron chi connectivity index (χ2n) is 3.00. The van der Waals surface area contributed by atoms with Gasteiger partial charge in [-0.1, -0.05) is 0 Å². The summed E-state index contributed by atoms with van der Waals surface area (Å²) in [6, 6.07) is 1.78. The van der Waals surface area contributed by atoms with Crippen LogP contribution in [0.15, 0.2) is 18.5 Å². The summed E-state index contributed by atoms with van der Waals surface area (Å²) in [6.07, 6.45) is 3.46. The fraction of sp³-hybridized carbons (Fsp3) is 0.375. The Bertz CT molecular complexity index is 408. The fourth-order valence-corrected chi connectivity index (χ4v) is 1.92. The molecule has 15 heavy (non-hydrogen) atoms. The van der Waals surface area contributed by atoms with Crippen LogP contribution in [0.4, 0.5) is 0 Å². The van der Waals surface area contributed by atoms with Crippen LogP contribution in [0.2, 0.25) is 0 Å². The van der Waals surface area contributed by atoms with Crippen molar-refractivity contribution in [3.05, 3.63) is 29.8 Å². The van der Waals surface area contributed by atoms with E-state index in [0.717, 1.165) is 17.9 Å². The molecule has 3 N–H and O–H groups in total. The number of nitrogens with one attached hydrogen (secondary N) is 1. The van der Waals surface area contributed by atoms with E-state index in [4.69, 9.17) is 5.84 Å². The molecule has 0 amide bonds. The molecular formula is C8H12N6S. The Labute approximate surface area is 91.4 Å². The molecule has 0 fully saturated rings. The number of hydrogen-bond donors (Lipinski definition) is 2. The summed E-state index contributed by atoms with van der Waals surface area (Å²) in [7, 11) is 0. The third kappa shape index (κ3) is 1.89. The lowest BCUT2D eigenvalue weighted by Crippen LogP contribution is -2.30. The zero-order valence-electron chi connectivity index (χ0n) is 8.29. The maximum atomic E-state index is 5.52. The molecule has 0 spiro atoms. The van der Waals surface area contributed by atoms with Crippen LogP contribution in [0.1, 0.15) is 24.4 Å². The first-order valence-electron chi connectivity index (χ1n) is 4.62. The number of hydrazine groups is 1. The summed E-state index contributed by atoms with van der Waals surface area (Å²) in [6.45, 7) is 2.83. The summed E-state index contributed by atoms with van der Waals surface area (Å²) < 4.78 is 10.0. The quantitative estimate of drug-likeness (QED) is 0.577. The van der Waals surface area contributed by atoms with Crippen molar-refractivity contribution in [2.45, 2.75) is 19.5 Å². The molecule has 2 aromatic heterocycles. The van der Waals surface area contributed by atoms with Gasteiger partial charge in [0.15, 0.2) is 0 Å². The van der Waals surface area contributed by atoms with Gasteiger partial charge >= 0.3 is 0 Å². The van der Waals surface area contributed by atoms with Gasteiger partial charge in [0.1, 0.15) is 6.04 Å². The maximum absolute atomic E-state index is 5.52. The zero-order chi connectivity index (χ0) is 10.7. The molecule has 6 nitrogen and oxygen atoms in total. The van der Waals surface area contributed by atoms with E-state index in [1.807, 2.05) is 17.7 Å². The number of aromatic nitrogens is 4. The highest BCUT2D eigenvalue weighted by molar-refractivity contribution is 6.99. The van der Waals surface area contributed by atoms with Gasteiger partial charge < -0.3 is 0 Å². The first-order valence-corrected chi connectivity index (χ1v) is 5.35. The molecule has 0 aliphatic carbocycles. The summed E-state index contributed by atoms with van der Waals surface area (Å²) in [5.41, 5.74) is 4.54. The molecule has 1 atom stereocenters. The molecule has 0 bridgehead atoms. The number of nitrogens with two attached hydrogens (primary N) is 1. The van der Waals surface area contributed by atoms with Crippen LogP contribution in [0, 0.1) is 0 Å². The van der Waals surface area contributed by atoms with Crippen LogP contribution in [0.25, 0.3) is 0 Å². The second kappa shape index (κ2) is 4.47. The number of nitrogens with zero attached hydrogens (tertiary/aromatic N) is 4. The highest BCUT2D eigenvalue weighted by Gasteiger charge is 2.18. The minimum atomic E-state index is -0.147. The molecule has 2 heterocycles. The summed E-state index contributed by atoms with van der Waals surface area (Å²) in [5, 5.41) is 4.19. The van der Waals surface area contributed by atoms with Crippen LogP contribution in [-0.4, -0.2) is 18.5 Å². The normalized spacial score (nSPS) is 12.9. The van der Waals surface area contributed by atoms with Gasteiger partial charge in [-0.15, -0.1) is 0 Å². The summed E-state index contributed by atoms with van der Waals surface area (Å²) in [4.78, 5) is 0. The Balaban J connectivity index is 2.35. The van der Waals surface area contributed by atoms with Crippen LogP contribution in [0.3, 0.4) is 0 Å². The third-order valence-corrected chi connectivity index (χ3v) is 2.68. The van der Waals surface area contributed by atoms with Crippen molar-refractivity contribution in [3.63, 3.8) is 0 Å². The van der Waals surface area contributed by atoms with E-state index in [9.17, 15) is 0 Å². The Morgan fingerprint density at radius 1 is 1.67 bits per heavy atom. The van der Waals surface area contributed by atoms with E-state index < -0.39 is 0 Å². The lowest BCUT2D eigenvalue weighted by molar-refractivity contribution is 0.538. The molecule has 0 aliphatic rings. The van der Waals surface area contributed by atoms with Gasteiger partial charge in [0.05, 0.1) is 29.3 Å². The van der Waals surface area contributed by atoms with Crippen molar-refractivity contribution in [3.8, 4) is 0 Å². The Morgan fingerprint density at radius 2 is 2.53 bits per heavy atom. The topological polar surface area (TPSA) is 81.7 Å². The maximum Gasteiger partial charge on any atom is 0.108 e. The third-order valence-electron chi connectivity index (χ3n) is 2.19. The van der Waals surface area contributed by atoms with Gasteiger partial charge in [-0.05, 0) is 13.0 Å². The average molecular weight is 224 g/mol. The Hall–Kier alpha value is -1.31. The highest BCUT2D eigenvalue weighted by Crippen LogP contribution is 2.19. The van der Waals surface area contributed by atoms with Gasteiger partial charge in [-0.2, -0.15) is 13.8 Å². The number of hydrogen-bond acceptors (Lipinski definition) is 6. The molecule has 1 unspecified atom stereocenters. The molecule has 0 saturated carbocycles. The minimum Gasteiger partial charge on any atom is -0.270 e. The predicted molar refractivity (Wildman–Crippen MR) is 57.0 cm³/mol. The van der Waals surface area contributed by atoms with Crippen LogP contribution < -0.4 is 11.3 Å². The minimum absolute atomic E-state index is 0.147. The standard InChI is InChI=1S/C8H12N6S/c1-2-14-7(3-4-10-14)8(12-9)6-5-11-15-13-6/h3-5,8,12H,2,9H2,1H3. The molecule has 2 aromatic rings. The van der Waals surface area contributed by atoms with Crippen LogP contribution in [-0.2, 0) is 6.54 Å². The molecule has 0 aromatic carbocycles. The molecule has 2 rings (SSSR count). The van der Waals surface area contributed by atoms with Crippen molar-refractivity contribution in [2.75, 3.05) is 0 Å². The van der Waals surface area contributed by atoms with E-state index in [-0.39, 0.29) is 6.04 Å². The van der Waals surface area contributed by atoms with E-state index in [0.29, 0.717) is 0 Å². The molecule has 0 saturated heterocycles. The average Bonchev–Trinajstić information content (AvgIpc) is 2.89. The first-order chi connectivity index (χ1) is 7.36. The van der Waals surface area contributed by atoms with Crippen LogP contribution >= 0.6 is 11.7 Å². The van der Waals surface area contributed by atoms with Crippen molar-refractivity contribution >= 4 is 11.7 Å². The largest absolute Gasteiger partial charge is 0.270 e. The Kier molecular flexibility index (Phi) is 3.05. The second-order valence-corrected chi connectivity index (χ2v) is 3.56. The predicted octanol–water partition coefficient (Wildman–Crippen LogP) is 0.307. The molecule has 0 radical (unpaired) electrons. The molecule has 80 valence electrons. The first kappa shape index (κ1) is 10.2. The van der Waals surface area contributed by atoms with E-state index in [2.05, 4.69) is 19.3 Å². The fourth-order valence-electron chi connectivity index (χ4n) is 1.47. The smallest absolute Gasteiger partial charge is 0.108 e.